The van der Waals surface area contributed by atoms with Crippen LogP contribution in [0.1, 0.15) is 72.1 Å². The Morgan fingerprint density at radius 3 is 2.40 bits per heavy atom. The van der Waals surface area contributed by atoms with Crippen molar-refractivity contribution in [3.63, 3.8) is 0 Å². The number of carbonyl (C=O) groups is 2. The molecular formula is C34H61N5O7S. The number of hydrogen-bond donors (Lipinski definition) is 4. The maximum Gasteiger partial charge on any atom is 0.240 e. The van der Waals surface area contributed by atoms with Gasteiger partial charge in [0.15, 0.2) is 0 Å². The molecule has 0 radical (unpaired) electrons. The number of nitrogens with two attached hydrogens (primary N) is 1. The molecule has 0 aromatic rings. The minimum atomic E-state index is -3.65. The van der Waals surface area contributed by atoms with Crippen LogP contribution in [0.25, 0.3) is 0 Å². The van der Waals surface area contributed by atoms with Gasteiger partial charge < -0.3 is 25.8 Å². The highest BCUT2D eigenvalue weighted by Crippen LogP contribution is 2.61. The van der Waals surface area contributed by atoms with Gasteiger partial charge in [-0.25, -0.2) is 8.42 Å². The normalized spacial score (nSPS) is 42.1. The summed E-state index contributed by atoms with van der Waals surface area (Å²) in [6.45, 7) is 7.44. The molecule has 270 valence electrons. The van der Waals surface area contributed by atoms with Gasteiger partial charge in [0, 0.05) is 50.0 Å². The van der Waals surface area contributed by atoms with Gasteiger partial charge in [0.05, 0.1) is 25.1 Å². The monoisotopic (exact) mass is 683 g/mol. The summed E-state index contributed by atoms with van der Waals surface area (Å²) in [6.07, 6.45) is 7.59. The van der Waals surface area contributed by atoms with Crippen LogP contribution in [0, 0.1) is 52.8 Å². The molecule has 1 heterocycles. The van der Waals surface area contributed by atoms with Gasteiger partial charge in [0.2, 0.25) is 21.8 Å². The minimum Gasteiger partial charge on any atom is -0.396 e. The van der Waals surface area contributed by atoms with Gasteiger partial charge in [-0.15, -0.1) is 0 Å². The average molecular weight is 684 g/mol. The number of aliphatic hydroxyl groups excluding tert-OH is 1. The first-order valence-corrected chi connectivity index (χ1v) is 19.7. The summed E-state index contributed by atoms with van der Waals surface area (Å²) < 4.78 is 32.3. The summed E-state index contributed by atoms with van der Waals surface area (Å²) in [6, 6.07) is -0.403. The third-order valence-corrected chi connectivity index (χ3v) is 13.8. The van der Waals surface area contributed by atoms with E-state index in [-0.39, 0.29) is 55.0 Å². The molecule has 0 aromatic carbocycles. The molecule has 2 bridgehead atoms. The zero-order valence-electron chi connectivity index (χ0n) is 29.6. The maximum atomic E-state index is 14.1. The van der Waals surface area contributed by atoms with Crippen molar-refractivity contribution in [3.05, 3.63) is 0 Å². The van der Waals surface area contributed by atoms with Crippen LogP contribution in [-0.2, 0) is 29.2 Å². The van der Waals surface area contributed by atoms with Gasteiger partial charge in [-0.3, -0.25) is 19.1 Å². The number of ether oxygens (including phenoxy) is 1. The molecule has 0 aromatic heterocycles. The molecule has 13 heteroatoms. The fourth-order valence-electron chi connectivity index (χ4n) is 10.4. The molecule has 5 aliphatic carbocycles. The van der Waals surface area contributed by atoms with Crippen molar-refractivity contribution in [1.82, 2.24) is 20.0 Å². The molecule has 1 aliphatic heterocycles. The Hall–Kier alpha value is -1.35. The van der Waals surface area contributed by atoms with Gasteiger partial charge in [-0.05, 0) is 94.0 Å². The molecule has 0 spiro atoms. The summed E-state index contributed by atoms with van der Waals surface area (Å²) >= 11 is 0. The fourth-order valence-corrected chi connectivity index (χ4v) is 11.0. The number of fused-ring (bicyclic) bond motifs is 2. The van der Waals surface area contributed by atoms with Crippen LogP contribution in [0.2, 0.25) is 0 Å². The molecule has 12 nitrogen and oxygen atoms in total. The van der Waals surface area contributed by atoms with Crippen molar-refractivity contribution < 1.29 is 32.7 Å². The molecule has 47 heavy (non-hydrogen) atoms. The van der Waals surface area contributed by atoms with Gasteiger partial charge in [-0.2, -0.15) is 5.06 Å². The molecule has 2 amide bonds. The van der Waals surface area contributed by atoms with E-state index in [0.717, 1.165) is 38.4 Å². The smallest absolute Gasteiger partial charge is 0.240 e. The number of rotatable bonds is 11. The fraction of sp³-hybridized carbons (Fsp3) is 0.941. The Morgan fingerprint density at radius 2 is 1.83 bits per heavy atom. The van der Waals surface area contributed by atoms with E-state index in [1.807, 2.05) is 14.1 Å². The summed E-state index contributed by atoms with van der Waals surface area (Å²) in [7, 11) is 2.10. The van der Waals surface area contributed by atoms with Crippen molar-refractivity contribution in [3.8, 4) is 0 Å². The lowest BCUT2D eigenvalue weighted by molar-refractivity contribution is -0.186. The molecule has 6 unspecified atom stereocenters. The van der Waals surface area contributed by atoms with Crippen molar-refractivity contribution in [2.45, 2.75) is 102 Å². The second-order valence-corrected chi connectivity index (χ2v) is 18.2. The zero-order valence-corrected chi connectivity index (χ0v) is 30.4. The summed E-state index contributed by atoms with van der Waals surface area (Å²) in [4.78, 5) is 35.6. The van der Waals surface area contributed by atoms with Gasteiger partial charge >= 0.3 is 0 Å². The Morgan fingerprint density at radius 1 is 1.11 bits per heavy atom. The molecule has 6 rings (SSSR count). The first-order chi connectivity index (χ1) is 22.1. The number of nitrogens with one attached hydrogen (secondary N) is 2. The Labute approximate surface area is 282 Å². The summed E-state index contributed by atoms with van der Waals surface area (Å²) in [5, 5.41) is 15.6. The number of methoxy groups -OCH3 is 1. The van der Waals surface area contributed by atoms with E-state index in [0.29, 0.717) is 42.6 Å². The van der Waals surface area contributed by atoms with E-state index in [1.54, 1.807) is 12.2 Å². The first-order valence-electron chi connectivity index (χ1n) is 17.8. The van der Waals surface area contributed by atoms with Crippen molar-refractivity contribution >= 4 is 21.8 Å². The highest BCUT2D eigenvalue weighted by atomic mass is 32.2. The quantitative estimate of drug-likeness (QED) is 0.252. The number of hydroxylamine groups is 2. The third-order valence-electron chi connectivity index (χ3n) is 13.3. The number of hydrogen-bond acceptors (Lipinski definition) is 10. The Balaban J connectivity index is 1.31. The van der Waals surface area contributed by atoms with Crippen LogP contribution in [0.3, 0.4) is 0 Å². The van der Waals surface area contributed by atoms with Gasteiger partial charge in [0.1, 0.15) is 6.04 Å². The molecule has 1 saturated heterocycles. The lowest BCUT2D eigenvalue weighted by Gasteiger charge is -2.62. The van der Waals surface area contributed by atoms with E-state index >= 15 is 0 Å². The number of sulfonamides is 1. The SMILES string of the molecule is COC1C(CN2O[C@@H](CN)[C@@H](CO)[C@H]2C(=O)N[C@H]2C[C@H]3C[C@@H]([C@@H]2C)C3(C)C)CCCC1C1CC(C(=O)NS(C)(=O)=O)CC(N(C)C)C1. The first kappa shape index (κ1) is 36.9. The standard InChI is InChI=1S/C34H61N5O7S/c1-19-27-14-23(34(27,2)3)15-28(19)36-33(42)30-26(18-40)29(16-35)46-39(30)17-20-9-8-10-25(31(20)45-6)21-11-22(13-24(12-21)38(4)5)32(41)37-47(7,43)44/h19-31,40H,8-18,35H2,1-7H3,(H,36,42)(H,37,41)/t19-,20?,21?,22?,23+,24?,25?,26+,27-,28-,29-,30-,31?/m0/s1. The highest BCUT2D eigenvalue weighted by Gasteiger charge is 2.57. The number of aliphatic hydroxyl groups is 1. The van der Waals surface area contributed by atoms with Crippen LogP contribution < -0.4 is 15.8 Å². The minimum absolute atomic E-state index is 0.0648. The molecule has 5 N–H and O–H groups in total. The van der Waals surface area contributed by atoms with Crippen molar-refractivity contribution in [2.24, 2.45) is 58.5 Å². The molecular weight excluding hydrogens is 622 g/mol. The van der Waals surface area contributed by atoms with Gasteiger partial charge in [-0.1, -0.05) is 27.2 Å². The summed E-state index contributed by atoms with van der Waals surface area (Å²) in [5.74, 6) is 0.629. The maximum absolute atomic E-state index is 14.1. The zero-order chi connectivity index (χ0) is 34.4. The van der Waals surface area contributed by atoms with E-state index in [2.05, 4.69) is 35.7 Å². The molecule has 13 atom stereocenters. The van der Waals surface area contributed by atoms with Crippen LogP contribution in [0.4, 0.5) is 0 Å². The topological polar surface area (TPSA) is 164 Å². The van der Waals surface area contributed by atoms with E-state index in [9.17, 15) is 23.1 Å². The lowest BCUT2D eigenvalue weighted by atomic mass is 9.45. The second-order valence-electron chi connectivity index (χ2n) is 16.4. The van der Waals surface area contributed by atoms with Gasteiger partial charge in [0.25, 0.3) is 0 Å². The number of nitrogens with zero attached hydrogens (tertiary/aromatic N) is 2. The van der Waals surface area contributed by atoms with E-state index in [4.69, 9.17) is 15.3 Å². The average Bonchev–Trinajstić information content (AvgIpc) is 3.37. The predicted molar refractivity (Wildman–Crippen MR) is 179 cm³/mol. The van der Waals surface area contributed by atoms with Crippen molar-refractivity contribution in [1.29, 1.82) is 0 Å². The predicted octanol–water partition coefficient (Wildman–Crippen LogP) is 1.58. The Kier molecular flexibility index (Phi) is 11.4. The summed E-state index contributed by atoms with van der Waals surface area (Å²) in [5.41, 5.74) is 6.43. The van der Waals surface area contributed by atoms with Crippen LogP contribution in [-0.4, -0.2) is 113 Å². The van der Waals surface area contributed by atoms with E-state index < -0.39 is 39.9 Å². The van der Waals surface area contributed by atoms with Crippen LogP contribution >= 0.6 is 0 Å². The second kappa shape index (κ2) is 14.5. The lowest BCUT2D eigenvalue weighted by Crippen LogP contribution is -2.62. The molecule has 6 aliphatic rings. The molecule has 6 fully saturated rings. The van der Waals surface area contributed by atoms with Crippen molar-refractivity contribution in [2.75, 3.05) is 47.2 Å². The van der Waals surface area contributed by atoms with Crippen LogP contribution in [0.15, 0.2) is 0 Å². The Bertz CT molecular complexity index is 1230. The van der Waals surface area contributed by atoms with Crippen LogP contribution in [0.5, 0.6) is 0 Å². The third kappa shape index (κ3) is 7.56. The number of amides is 2. The number of carbonyl (C=O) groups excluding carboxylic acids is 2. The van der Waals surface area contributed by atoms with E-state index in [1.165, 1.54) is 6.42 Å². The largest absolute Gasteiger partial charge is 0.396 e. The molecule has 5 saturated carbocycles. The highest BCUT2D eigenvalue weighted by molar-refractivity contribution is 7.89.